The molecule has 2 aromatic rings. The monoisotopic (exact) mass is 339 g/mol. The van der Waals surface area contributed by atoms with Crippen molar-refractivity contribution in [3.8, 4) is 5.75 Å². The highest BCUT2D eigenvalue weighted by Gasteiger charge is 2.27. The van der Waals surface area contributed by atoms with Crippen LogP contribution in [0.5, 0.6) is 5.75 Å². The Hall–Kier alpha value is -2.61. The van der Waals surface area contributed by atoms with Gasteiger partial charge in [-0.2, -0.15) is 0 Å². The van der Waals surface area contributed by atoms with Gasteiger partial charge in [-0.15, -0.1) is 11.3 Å². The summed E-state index contributed by atoms with van der Waals surface area (Å²) >= 11 is 0.885. The Morgan fingerprint density at radius 1 is 1.17 bits per heavy atom. The van der Waals surface area contributed by atoms with Crippen molar-refractivity contribution in [1.82, 2.24) is 0 Å². The first-order chi connectivity index (χ1) is 11.0. The molecule has 1 aromatic carbocycles. The summed E-state index contributed by atoms with van der Waals surface area (Å²) < 4.78 is 28.3. The van der Waals surface area contributed by atoms with Gasteiger partial charge in [-0.3, -0.25) is 0 Å². The summed E-state index contributed by atoms with van der Waals surface area (Å²) in [5, 5.41) is 0.101. The number of halogens is 1. The van der Waals surface area contributed by atoms with E-state index < -0.39 is 17.8 Å². The van der Waals surface area contributed by atoms with E-state index in [2.05, 4.69) is 9.47 Å². The molecule has 0 atom stereocenters. The van der Waals surface area contributed by atoms with Crippen molar-refractivity contribution in [1.29, 1.82) is 0 Å². The zero-order valence-electron chi connectivity index (χ0n) is 12.4. The molecule has 8 heteroatoms. The van der Waals surface area contributed by atoms with Crippen molar-refractivity contribution in [3.63, 3.8) is 0 Å². The van der Waals surface area contributed by atoms with Crippen LogP contribution in [0.15, 0.2) is 24.3 Å². The molecule has 0 spiro atoms. The molecule has 0 saturated heterocycles. The molecule has 1 aromatic heterocycles. The maximum absolute atomic E-state index is 13.6. The average molecular weight is 339 g/mol. The molecule has 0 aliphatic rings. The maximum Gasteiger partial charge on any atom is 0.348 e. The number of nitrogen functional groups attached to an aromatic ring is 1. The lowest BCUT2D eigenvalue weighted by atomic mass is 10.1. The molecular weight excluding hydrogens is 325 g/mol. The summed E-state index contributed by atoms with van der Waals surface area (Å²) in [5.41, 5.74) is 6.02. The third kappa shape index (κ3) is 3.42. The first-order valence-electron chi connectivity index (χ1n) is 6.44. The van der Waals surface area contributed by atoms with Gasteiger partial charge in [0.2, 0.25) is 0 Å². The lowest BCUT2D eigenvalue weighted by Gasteiger charge is -2.09. The van der Waals surface area contributed by atoms with E-state index in [4.69, 9.17) is 10.5 Å². The van der Waals surface area contributed by atoms with Gasteiger partial charge >= 0.3 is 11.9 Å². The molecule has 0 unspecified atom stereocenters. The van der Waals surface area contributed by atoms with Crippen molar-refractivity contribution >= 4 is 28.3 Å². The molecule has 1 heterocycles. The van der Waals surface area contributed by atoms with Gasteiger partial charge in [0.15, 0.2) is 11.6 Å². The van der Waals surface area contributed by atoms with E-state index in [9.17, 15) is 14.0 Å². The summed E-state index contributed by atoms with van der Waals surface area (Å²) in [6.07, 6.45) is 0. The molecular formula is C15H14FNO5S. The Morgan fingerprint density at radius 3 is 2.43 bits per heavy atom. The second-order valence-corrected chi connectivity index (χ2v) is 5.40. The number of para-hydroxylation sites is 1. The minimum atomic E-state index is -0.707. The molecule has 0 aliphatic carbocycles. The predicted octanol–water partition coefficient (Wildman–Crippen LogP) is 2.62. The van der Waals surface area contributed by atoms with Crippen LogP contribution in [-0.2, 0) is 16.1 Å². The van der Waals surface area contributed by atoms with Crippen molar-refractivity contribution in [3.05, 3.63) is 46.1 Å². The lowest BCUT2D eigenvalue weighted by molar-refractivity contribution is 0.0599. The van der Waals surface area contributed by atoms with Crippen LogP contribution >= 0.6 is 11.3 Å². The van der Waals surface area contributed by atoms with Crippen molar-refractivity contribution in [2.24, 2.45) is 0 Å². The van der Waals surface area contributed by atoms with Gasteiger partial charge in [0.25, 0.3) is 0 Å². The van der Waals surface area contributed by atoms with Crippen LogP contribution in [0, 0.1) is 5.82 Å². The van der Waals surface area contributed by atoms with Crippen LogP contribution in [0.3, 0.4) is 0 Å². The number of carbonyl (C=O) groups excluding carboxylic acids is 2. The van der Waals surface area contributed by atoms with E-state index in [0.717, 1.165) is 11.3 Å². The number of esters is 2. The number of ether oxygens (including phenoxy) is 3. The molecule has 0 bridgehead atoms. The Bertz CT molecular complexity index is 743. The number of nitrogens with two attached hydrogens (primary N) is 1. The van der Waals surface area contributed by atoms with E-state index in [1.807, 2.05) is 0 Å². The molecule has 2 N–H and O–H groups in total. The number of carbonyl (C=O) groups is 2. The van der Waals surface area contributed by atoms with Gasteiger partial charge in [0.1, 0.15) is 22.0 Å². The number of methoxy groups -OCH3 is 2. The molecule has 0 saturated carbocycles. The largest absolute Gasteiger partial charge is 0.486 e. The second kappa shape index (κ2) is 7.10. The van der Waals surface area contributed by atoms with E-state index in [1.165, 1.54) is 32.4 Å². The number of thiophene rings is 1. The highest BCUT2D eigenvalue weighted by Crippen LogP contribution is 2.33. The number of hydrogen-bond acceptors (Lipinski definition) is 7. The zero-order chi connectivity index (χ0) is 17.0. The molecule has 0 amide bonds. The van der Waals surface area contributed by atoms with E-state index in [-0.39, 0.29) is 33.4 Å². The summed E-state index contributed by atoms with van der Waals surface area (Å²) in [6.45, 7) is -0.233. The molecule has 23 heavy (non-hydrogen) atoms. The predicted molar refractivity (Wildman–Crippen MR) is 82.1 cm³/mol. The Balaban J connectivity index is 2.40. The Labute approximate surface area is 135 Å². The third-order valence-electron chi connectivity index (χ3n) is 3.00. The summed E-state index contributed by atoms with van der Waals surface area (Å²) in [4.78, 5) is 23.8. The van der Waals surface area contributed by atoms with Crippen LogP contribution in [0.1, 0.15) is 25.6 Å². The number of benzene rings is 1. The summed E-state index contributed by atoms with van der Waals surface area (Å²) in [6, 6.07) is 5.79. The normalized spacial score (nSPS) is 10.2. The van der Waals surface area contributed by atoms with Gasteiger partial charge in [-0.25, -0.2) is 14.0 Å². The minimum absolute atomic E-state index is 0.0103. The third-order valence-corrected chi connectivity index (χ3v) is 4.04. The molecule has 0 aliphatic heterocycles. The highest BCUT2D eigenvalue weighted by atomic mass is 32.1. The molecule has 2 rings (SSSR count). The van der Waals surface area contributed by atoms with Crippen molar-refractivity contribution in [2.75, 3.05) is 20.0 Å². The van der Waals surface area contributed by atoms with Gasteiger partial charge in [0, 0.05) is 5.56 Å². The fraction of sp³-hybridized carbons (Fsp3) is 0.200. The Kier molecular flexibility index (Phi) is 5.17. The maximum atomic E-state index is 13.6. The standard InChI is InChI=1S/C15H14FNO5S/c1-20-14(18)11-8(12(15(19)21-2)23-13(11)17)7-22-10-6-4-3-5-9(10)16/h3-6H,7,17H2,1-2H3. The first kappa shape index (κ1) is 16.8. The zero-order valence-corrected chi connectivity index (χ0v) is 13.2. The molecule has 0 fully saturated rings. The summed E-state index contributed by atoms with van der Waals surface area (Å²) in [7, 11) is 2.40. The quantitative estimate of drug-likeness (QED) is 0.843. The molecule has 6 nitrogen and oxygen atoms in total. The first-order valence-corrected chi connectivity index (χ1v) is 7.26. The second-order valence-electron chi connectivity index (χ2n) is 4.35. The van der Waals surface area contributed by atoms with Gasteiger partial charge in [-0.05, 0) is 12.1 Å². The minimum Gasteiger partial charge on any atom is -0.486 e. The van der Waals surface area contributed by atoms with Gasteiger partial charge in [0.05, 0.1) is 14.2 Å². The molecule has 122 valence electrons. The van der Waals surface area contributed by atoms with Gasteiger partial charge in [-0.1, -0.05) is 12.1 Å². The van der Waals surface area contributed by atoms with E-state index in [0.29, 0.717) is 0 Å². The smallest absolute Gasteiger partial charge is 0.348 e. The fourth-order valence-corrected chi connectivity index (χ4v) is 2.90. The number of rotatable bonds is 5. The molecule has 0 radical (unpaired) electrons. The van der Waals surface area contributed by atoms with Crippen LogP contribution in [-0.4, -0.2) is 26.2 Å². The van der Waals surface area contributed by atoms with Crippen LogP contribution < -0.4 is 10.5 Å². The summed E-state index contributed by atoms with van der Waals surface area (Å²) in [5.74, 6) is -1.94. The fourth-order valence-electron chi connectivity index (χ4n) is 1.92. The number of anilines is 1. The van der Waals surface area contributed by atoms with Crippen molar-refractivity contribution in [2.45, 2.75) is 6.61 Å². The van der Waals surface area contributed by atoms with Crippen LogP contribution in [0.4, 0.5) is 9.39 Å². The van der Waals surface area contributed by atoms with E-state index in [1.54, 1.807) is 6.07 Å². The Morgan fingerprint density at radius 2 is 1.83 bits per heavy atom. The lowest BCUT2D eigenvalue weighted by Crippen LogP contribution is -2.11. The number of hydrogen-bond donors (Lipinski definition) is 1. The SMILES string of the molecule is COC(=O)c1sc(N)c(C(=O)OC)c1COc1ccccc1F. The van der Waals surface area contributed by atoms with Crippen LogP contribution in [0.25, 0.3) is 0 Å². The van der Waals surface area contributed by atoms with Crippen molar-refractivity contribution < 1.29 is 28.2 Å². The highest BCUT2D eigenvalue weighted by molar-refractivity contribution is 7.18. The average Bonchev–Trinajstić information content (AvgIpc) is 2.89. The van der Waals surface area contributed by atoms with E-state index >= 15 is 0 Å². The topological polar surface area (TPSA) is 87.9 Å². The van der Waals surface area contributed by atoms with Gasteiger partial charge < -0.3 is 19.9 Å². The van der Waals surface area contributed by atoms with Crippen LogP contribution in [0.2, 0.25) is 0 Å².